The van der Waals surface area contributed by atoms with Crippen molar-refractivity contribution in [3.8, 4) is 0 Å². The number of carbonyl (C=O) groups excluding carboxylic acids is 1. The predicted molar refractivity (Wildman–Crippen MR) is 129 cm³/mol. The molecule has 6 nitrogen and oxygen atoms in total. The van der Waals surface area contributed by atoms with Gasteiger partial charge in [-0.3, -0.25) is 14.5 Å². The van der Waals surface area contributed by atoms with Gasteiger partial charge < -0.3 is 9.88 Å². The maximum Gasteiger partial charge on any atom is 0.255 e. The molecule has 0 unspecified atom stereocenters. The fourth-order valence-corrected chi connectivity index (χ4v) is 5.99. The summed E-state index contributed by atoms with van der Waals surface area (Å²) in [5.41, 5.74) is 3.96. The first kappa shape index (κ1) is 22.3. The van der Waals surface area contributed by atoms with Gasteiger partial charge in [-0.15, -0.1) is 0 Å². The van der Waals surface area contributed by atoms with E-state index in [1.165, 1.54) is 25.7 Å². The fraction of sp³-hybridized carbons (Fsp3) is 0.593. The van der Waals surface area contributed by atoms with Crippen LogP contribution in [0.4, 0.5) is 0 Å². The van der Waals surface area contributed by atoms with Crippen molar-refractivity contribution in [1.82, 2.24) is 19.8 Å². The Labute approximate surface area is 196 Å². The zero-order valence-corrected chi connectivity index (χ0v) is 20.0. The summed E-state index contributed by atoms with van der Waals surface area (Å²) in [7, 11) is 0. The Morgan fingerprint density at radius 2 is 1.97 bits per heavy atom. The second kappa shape index (κ2) is 9.41. The Morgan fingerprint density at radius 1 is 1.15 bits per heavy atom. The highest BCUT2D eigenvalue weighted by molar-refractivity contribution is 5.79. The van der Waals surface area contributed by atoms with Crippen molar-refractivity contribution < 1.29 is 4.79 Å². The molecule has 1 N–H and O–H groups in total. The molecule has 0 radical (unpaired) electrons. The molecule has 2 aromatic rings. The van der Waals surface area contributed by atoms with E-state index in [-0.39, 0.29) is 17.5 Å². The van der Waals surface area contributed by atoms with E-state index in [1.54, 1.807) is 0 Å². The van der Waals surface area contributed by atoms with Gasteiger partial charge in [-0.2, -0.15) is 0 Å². The Hall–Kier alpha value is -2.47. The number of aryl methyl sites for hydroxylation is 1. The third-order valence-electron chi connectivity index (χ3n) is 7.94. The summed E-state index contributed by atoms with van der Waals surface area (Å²) in [5, 5.41) is 0. The van der Waals surface area contributed by atoms with Gasteiger partial charge in [0.25, 0.3) is 5.56 Å². The van der Waals surface area contributed by atoms with E-state index in [0.29, 0.717) is 24.8 Å². The first-order valence-electron chi connectivity index (χ1n) is 12.7. The van der Waals surface area contributed by atoms with Gasteiger partial charge in [0.2, 0.25) is 5.91 Å². The van der Waals surface area contributed by atoms with Crippen molar-refractivity contribution in [1.29, 1.82) is 0 Å². The van der Waals surface area contributed by atoms with Crippen LogP contribution in [0.1, 0.15) is 79.7 Å². The lowest BCUT2D eigenvalue weighted by Gasteiger charge is -2.38. The number of amides is 1. The number of benzene rings is 1. The maximum atomic E-state index is 13.1. The molecule has 1 aliphatic carbocycles. The van der Waals surface area contributed by atoms with Gasteiger partial charge in [0.05, 0.1) is 23.7 Å². The molecule has 1 saturated heterocycles. The quantitative estimate of drug-likeness (QED) is 0.770. The molecule has 176 valence electrons. The highest BCUT2D eigenvalue weighted by Crippen LogP contribution is 2.32. The number of carbonyl (C=O) groups is 1. The van der Waals surface area contributed by atoms with E-state index >= 15 is 0 Å². The number of aromatic nitrogens is 2. The average molecular weight is 449 g/mol. The van der Waals surface area contributed by atoms with E-state index in [4.69, 9.17) is 4.98 Å². The average Bonchev–Trinajstić information content (AvgIpc) is 3.30. The van der Waals surface area contributed by atoms with Crippen molar-refractivity contribution in [3.05, 3.63) is 62.8 Å². The smallest absolute Gasteiger partial charge is 0.255 e. The van der Waals surface area contributed by atoms with Gasteiger partial charge in [-0.25, -0.2) is 4.98 Å². The fourth-order valence-electron chi connectivity index (χ4n) is 5.99. The highest BCUT2D eigenvalue weighted by Gasteiger charge is 2.34. The van der Waals surface area contributed by atoms with Gasteiger partial charge in [0, 0.05) is 32.1 Å². The lowest BCUT2D eigenvalue weighted by molar-refractivity contribution is -0.131. The van der Waals surface area contributed by atoms with Crippen LogP contribution in [-0.4, -0.2) is 44.8 Å². The van der Waals surface area contributed by atoms with Crippen LogP contribution in [0, 0.1) is 12.8 Å². The topological polar surface area (TPSA) is 69.3 Å². The summed E-state index contributed by atoms with van der Waals surface area (Å²) in [6.45, 7) is 6.80. The number of nitrogens with one attached hydrogen (secondary N) is 1. The van der Waals surface area contributed by atoms with Gasteiger partial charge in [-0.05, 0) is 56.9 Å². The Balaban J connectivity index is 1.31. The van der Waals surface area contributed by atoms with Crippen LogP contribution in [0.25, 0.3) is 0 Å². The maximum absolute atomic E-state index is 13.1. The highest BCUT2D eigenvalue weighted by atomic mass is 16.2. The molecule has 33 heavy (non-hydrogen) atoms. The minimum Gasteiger partial charge on any atom is -0.332 e. The van der Waals surface area contributed by atoms with Crippen LogP contribution in [0.2, 0.25) is 0 Å². The second-order valence-corrected chi connectivity index (χ2v) is 10.4. The Morgan fingerprint density at radius 3 is 2.76 bits per heavy atom. The molecule has 0 bridgehead atoms. The molecule has 1 amide bonds. The minimum atomic E-state index is -0.127. The molecular weight excluding hydrogens is 412 g/mol. The van der Waals surface area contributed by atoms with E-state index in [0.717, 1.165) is 60.7 Å². The summed E-state index contributed by atoms with van der Waals surface area (Å²) >= 11 is 0. The number of aromatic amines is 1. The van der Waals surface area contributed by atoms with E-state index in [2.05, 4.69) is 22.9 Å². The van der Waals surface area contributed by atoms with Crippen LogP contribution in [-0.2, 0) is 24.2 Å². The van der Waals surface area contributed by atoms with Gasteiger partial charge in [0.15, 0.2) is 0 Å². The summed E-state index contributed by atoms with van der Waals surface area (Å²) in [6, 6.07) is 8.59. The van der Waals surface area contributed by atoms with Crippen LogP contribution in [0.5, 0.6) is 0 Å². The molecule has 3 aliphatic rings. The SMILES string of the molecule is Cc1cccc(CC(=O)N2CCC[C@@H]2c2nc3c(c(=O)[nH]2)CN(C2CCC(C)CC2)CC3)c1. The zero-order chi connectivity index (χ0) is 22.9. The summed E-state index contributed by atoms with van der Waals surface area (Å²) < 4.78 is 0. The van der Waals surface area contributed by atoms with Crippen molar-refractivity contribution in [2.45, 2.75) is 83.8 Å². The molecule has 0 spiro atoms. The molecule has 1 atom stereocenters. The standard InChI is InChI=1S/C27H36N4O2/c1-18-8-10-21(11-9-18)30-14-12-23-22(17-30)27(33)29-26(28-23)24-7-4-13-31(24)25(32)16-20-6-3-5-19(2)15-20/h3,5-6,15,18,21,24H,4,7-14,16-17H2,1-2H3,(H,28,29,33)/t18?,21?,24-/m1/s1. The number of nitrogens with zero attached hydrogens (tertiary/aromatic N) is 3. The van der Waals surface area contributed by atoms with Gasteiger partial charge >= 0.3 is 0 Å². The number of rotatable bonds is 4. The summed E-state index contributed by atoms with van der Waals surface area (Å²) in [6.07, 6.45) is 8.06. The number of hydrogen-bond donors (Lipinski definition) is 1. The molecule has 1 aromatic carbocycles. The number of fused-ring (bicyclic) bond motifs is 1. The van der Waals surface area contributed by atoms with Crippen LogP contribution < -0.4 is 5.56 Å². The first-order chi connectivity index (χ1) is 16.0. The van der Waals surface area contributed by atoms with Crippen LogP contribution in [0.15, 0.2) is 29.1 Å². The largest absolute Gasteiger partial charge is 0.332 e. The minimum absolute atomic E-state index is 0.0122. The van der Waals surface area contributed by atoms with E-state index in [1.807, 2.05) is 30.0 Å². The van der Waals surface area contributed by atoms with E-state index < -0.39 is 0 Å². The van der Waals surface area contributed by atoms with Crippen molar-refractivity contribution in [3.63, 3.8) is 0 Å². The number of hydrogen-bond acceptors (Lipinski definition) is 4. The van der Waals surface area contributed by atoms with Gasteiger partial charge in [-0.1, -0.05) is 36.8 Å². The predicted octanol–water partition coefficient (Wildman–Crippen LogP) is 3.92. The lowest BCUT2D eigenvalue weighted by Crippen LogP contribution is -2.44. The van der Waals surface area contributed by atoms with Crippen LogP contribution >= 0.6 is 0 Å². The first-order valence-corrected chi connectivity index (χ1v) is 12.7. The van der Waals surface area contributed by atoms with Gasteiger partial charge in [0.1, 0.15) is 5.82 Å². The lowest BCUT2D eigenvalue weighted by atomic mass is 9.86. The molecule has 1 saturated carbocycles. The molecule has 5 rings (SSSR count). The molecule has 3 heterocycles. The van der Waals surface area contributed by atoms with Crippen molar-refractivity contribution in [2.75, 3.05) is 13.1 Å². The Bertz CT molecular complexity index is 1070. The molecular formula is C27H36N4O2. The van der Waals surface area contributed by atoms with E-state index in [9.17, 15) is 9.59 Å². The van der Waals surface area contributed by atoms with Crippen molar-refractivity contribution in [2.24, 2.45) is 5.92 Å². The summed E-state index contributed by atoms with van der Waals surface area (Å²) in [4.78, 5) is 38.6. The molecule has 2 fully saturated rings. The monoisotopic (exact) mass is 448 g/mol. The number of H-pyrrole nitrogens is 1. The third-order valence-corrected chi connectivity index (χ3v) is 7.94. The summed E-state index contributed by atoms with van der Waals surface area (Å²) in [5.74, 6) is 1.61. The normalized spacial score (nSPS) is 25.8. The van der Waals surface area contributed by atoms with Crippen molar-refractivity contribution >= 4 is 5.91 Å². The molecule has 1 aromatic heterocycles. The Kier molecular flexibility index (Phi) is 6.37. The van der Waals surface area contributed by atoms with Crippen LogP contribution in [0.3, 0.4) is 0 Å². The molecule has 6 heteroatoms. The number of likely N-dealkylation sites (tertiary alicyclic amines) is 1. The second-order valence-electron chi connectivity index (χ2n) is 10.4. The zero-order valence-electron chi connectivity index (χ0n) is 20.0. The molecule has 2 aliphatic heterocycles. The third kappa shape index (κ3) is 4.77.